The van der Waals surface area contributed by atoms with Gasteiger partial charge in [-0.15, -0.1) is 0 Å². The number of carbonyl (C=O) groups excluding carboxylic acids is 4. The molecule has 0 radical (unpaired) electrons. The van der Waals surface area contributed by atoms with Gasteiger partial charge in [0, 0.05) is 53.3 Å². The van der Waals surface area contributed by atoms with E-state index in [1.165, 1.54) is 25.1 Å². The Morgan fingerprint density at radius 1 is 0.867 bits per heavy atom. The first-order chi connectivity index (χ1) is 28.7. The molecule has 1 saturated heterocycles. The predicted molar refractivity (Wildman–Crippen MR) is 215 cm³/mol. The molecular formula is C46H46O14. The minimum Gasteiger partial charge on any atom is -0.507 e. The zero-order valence-corrected chi connectivity index (χ0v) is 33.0. The van der Waals surface area contributed by atoms with Gasteiger partial charge in [0.05, 0.1) is 23.9 Å². The largest absolute Gasteiger partial charge is 0.507 e. The maximum Gasteiger partial charge on any atom is 0.308 e. The molecule has 5 atom stereocenters. The van der Waals surface area contributed by atoms with Crippen LogP contribution in [-0.4, -0.2) is 96.9 Å². The lowest BCUT2D eigenvalue weighted by Crippen LogP contribution is -2.58. The molecule has 1 heterocycles. The maximum atomic E-state index is 14.9. The lowest BCUT2D eigenvalue weighted by Gasteiger charge is -2.39. The maximum absolute atomic E-state index is 14.9. The number of aliphatic hydroxyl groups is 6. The van der Waals surface area contributed by atoms with Crippen molar-refractivity contribution < 1.29 is 69.1 Å². The van der Waals surface area contributed by atoms with Crippen LogP contribution in [0.2, 0.25) is 0 Å². The van der Waals surface area contributed by atoms with Crippen LogP contribution in [0.3, 0.4) is 0 Å². The molecule has 2 fully saturated rings. The average molecular weight is 823 g/mol. The van der Waals surface area contributed by atoms with Crippen LogP contribution in [0.25, 0.3) is 12.2 Å². The third-order valence-electron chi connectivity index (χ3n) is 11.6. The van der Waals surface area contributed by atoms with Gasteiger partial charge < -0.3 is 50.0 Å². The Morgan fingerprint density at radius 2 is 1.60 bits per heavy atom. The highest BCUT2D eigenvalue weighted by Gasteiger charge is 2.45. The molecule has 0 spiro atoms. The van der Waals surface area contributed by atoms with Crippen molar-refractivity contribution in [3.8, 4) is 17.2 Å². The van der Waals surface area contributed by atoms with Crippen LogP contribution in [0.1, 0.15) is 121 Å². The van der Waals surface area contributed by atoms with Crippen LogP contribution in [0.5, 0.6) is 17.2 Å². The molecule has 7 N–H and O–H groups in total. The summed E-state index contributed by atoms with van der Waals surface area (Å²) in [5.74, 6) is -3.60. The van der Waals surface area contributed by atoms with Crippen LogP contribution in [0.4, 0.5) is 0 Å². The highest BCUT2D eigenvalue weighted by molar-refractivity contribution is 6.31. The minimum absolute atomic E-state index is 0.00857. The van der Waals surface area contributed by atoms with Gasteiger partial charge in [-0.25, -0.2) is 0 Å². The van der Waals surface area contributed by atoms with E-state index >= 15 is 0 Å². The highest BCUT2D eigenvalue weighted by atomic mass is 16.7. The molecular weight excluding hydrogens is 776 g/mol. The summed E-state index contributed by atoms with van der Waals surface area (Å²) in [6.45, 7) is 1.73. The molecule has 60 heavy (non-hydrogen) atoms. The Bertz CT molecular complexity index is 2390. The second-order valence-electron chi connectivity index (χ2n) is 15.5. The Labute approximate surface area is 344 Å². The summed E-state index contributed by atoms with van der Waals surface area (Å²) in [6.07, 6.45) is -1.61. The monoisotopic (exact) mass is 822 g/mol. The smallest absolute Gasteiger partial charge is 0.308 e. The van der Waals surface area contributed by atoms with E-state index in [0.717, 1.165) is 25.3 Å². The van der Waals surface area contributed by atoms with Crippen molar-refractivity contribution in [2.45, 2.75) is 95.3 Å². The summed E-state index contributed by atoms with van der Waals surface area (Å²) in [5.41, 5.74) is -0.459. The minimum atomic E-state index is -1.82. The number of aliphatic hydroxyl groups excluding tert-OH is 5. The molecule has 1 saturated carbocycles. The number of aromatic hydroxyl groups is 1. The first-order valence-corrected chi connectivity index (χ1v) is 19.7. The highest BCUT2D eigenvalue weighted by Crippen LogP contribution is 2.46. The SMILES string of the molecule is CC(=O)Oc1cc(CO)c2c(c1C=Cc1cccc(CCO)c1)C(=O)c1cc(O[C@H]3O[C@H](C)[C@@H](O)[C@@H](O)[C@H]3O)c(Cc3cccc(C4(O)CCCC4)c3C=O)c(O)c1C2=O. The number of phenols is 1. The third-order valence-corrected chi connectivity index (χ3v) is 11.6. The zero-order chi connectivity index (χ0) is 43.0. The molecule has 1 aliphatic heterocycles. The van der Waals surface area contributed by atoms with Crippen LogP contribution < -0.4 is 9.47 Å². The van der Waals surface area contributed by atoms with Crippen molar-refractivity contribution in [2.75, 3.05) is 6.61 Å². The molecule has 2 aliphatic carbocycles. The van der Waals surface area contributed by atoms with Gasteiger partial charge in [-0.1, -0.05) is 61.4 Å². The molecule has 14 nitrogen and oxygen atoms in total. The van der Waals surface area contributed by atoms with Gasteiger partial charge in [0.15, 0.2) is 17.9 Å². The fraction of sp³-hybridized carbons (Fsp3) is 0.348. The zero-order valence-electron chi connectivity index (χ0n) is 33.0. The van der Waals surface area contributed by atoms with E-state index in [4.69, 9.17) is 14.2 Å². The number of hydrogen-bond donors (Lipinski definition) is 7. The lowest BCUT2D eigenvalue weighted by molar-refractivity contribution is -0.268. The van der Waals surface area contributed by atoms with Crippen LogP contribution in [0.15, 0.2) is 54.6 Å². The van der Waals surface area contributed by atoms with Gasteiger partial charge in [-0.2, -0.15) is 0 Å². The van der Waals surface area contributed by atoms with E-state index in [0.29, 0.717) is 42.2 Å². The third kappa shape index (κ3) is 7.79. The Morgan fingerprint density at radius 3 is 2.28 bits per heavy atom. The van der Waals surface area contributed by atoms with Crippen molar-refractivity contribution in [1.29, 1.82) is 0 Å². The number of aldehydes is 1. The van der Waals surface area contributed by atoms with E-state index in [2.05, 4.69) is 0 Å². The number of hydrogen-bond acceptors (Lipinski definition) is 14. The number of esters is 1. The first-order valence-electron chi connectivity index (χ1n) is 19.7. The topological polar surface area (TPSA) is 238 Å². The van der Waals surface area contributed by atoms with Crippen LogP contribution in [-0.2, 0) is 34.6 Å². The Kier molecular flexibility index (Phi) is 12.2. The number of ether oxygens (including phenoxy) is 3. The van der Waals surface area contributed by atoms with Gasteiger partial charge in [-0.3, -0.25) is 19.2 Å². The molecule has 0 bridgehead atoms. The summed E-state index contributed by atoms with van der Waals surface area (Å²) >= 11 is 0. The van der Waals surface area contributed by atoms with Gasteiger partial charge >= 0.3 is 5.97 Å². The van der Waals surface area contributed by atoms with Gasteiger partial charge in [0.2, 0.25) is 6.29 Å². The van der Waals surface area contributed by atoms with E-state index in [1.54, 1.807) is 42.5 Å². The fourth-order valence-corrected chi connectivity index (χ4v) is 8.51. The number of ketones is 2. The molecule has 4 aromatic rings. The second-order valence-corrected chi connectivity index (χ2v) is 15.5. The Hall–Kier alpha value is -5.58. The number of benzene rings is 4. The van der Waals surface area contributed by atoms with Gasteiger partial charge in [0.25, 0.3) is 0 Å². The van der Waals surface area contributed by atoms with E-state index in [-0.39, 0.29) is 63.5 Å². The average Bonchev–Trinajstić information content (AvgIpc) is 3.68. The van der Waals surface area contributed by atoms with E-state index < -0.39 is 71.8 Å². The number of carbonyl (C=O) groups is 4. The molecule has 314 valence electrons. The Balaban J connectivity index is 1.43. The standard InChI is InChI=1S/C46H46O14/c1-23-39(51)43(55)44(56)45(58-23)60-35-20-31-38(40(52)30(35)18-27-9-6-10-33(32(27)22-49)46(57)14-3-4-15-46)42(54)36-28(21-48)19-34(59-24(2)50)29(37(36)41(31)53)12-11-25-7-5-8-26(17-25)13-16-47/h5-12,17,19-20,22-23,39,43-45,47-48,51-52,55-57H,3-4,13-16,18,21H2,1-2H3/t23-,39-,43-,44-,45-/m1/s1. The number of rotatable bonds is 12. The van der Waals surface area contributed by atoms with Crippen LogP contribution >= 0.6 is 0 Å². The molecule has 7 rings (SSSR count). The molecule has 14 heteroatoms. The summed E-state index contributed by atoms with van der Waals surface area (Å²) in [7, 11) is 0. The first kappa shape index (κ1) is 42.5. The van der Waals surface area contributed by atoms with Crippen molar-refractivity contribution in [1.82, 2.24) is 0 Å². The molecule has 0 aromatic heterocycles. The fourth-order valence-electron chi connectivity index (χ4n) is 8.51. The predicted octanol–water partition coefficient (Wildman–Crippen LogP) is 3.66. The van der Waals surface area contributed by atoms with Gasteiger partial charge in [-0.05, 0) is 72.2 Å². The summed E-state index contributed by atoms with van der Waals surface area (Å²) < 4.78 is 17.4. The quantitative estimate of drug-likeness (QED) is 0.0412. The molecule has 3 aliphatic rings. The van der Waals surface area contributed by atoms with Crippen molar-refractivity contribution >= 4 is 36.0 Å². The number of phenolic OH excluding ortho intramolecular Hbond substituents is 1. The van der Waals surface area contributed by atoms with E-state index in [1.807, 2.05) is 6.07 Å². The van der Waals surface area contributed by atoms with Crippen LogP contribution in [0, 0.1) is 0 Å². The van der Waals surface area contributed by atoms with Crippen molar-refractivity contribution in [3.05, 3.63) is 121 Å². The second kappa shape index (κ2) is 17.2. The molecule has 0 amide bonds. The summed E-state index contributed by atoms with van der Waals surface area (Å²) in [4.78, 5) is 54.8. The normalized spacial score (nSPS) is 22.1. The van der Waals surface area contributed by atoms with Crippen molar-refractivity contribution in [2.24, 2.45) is 0 Å². The van der Waals surface area contributed by atoms with E-state index in [9.17, 15) is 54.9 Å². The molecule has 4 aromatic carbocycles. The summed E-state index contributed by atoms with van der Waals surface area (Å²) in [5, 5.41) is 75.7. The van der Waals surface area contributed by atoms with Crippen molar-refractivity contribution in [3.63, 3.8) is 0 Å². The summed E-state index contributed by atoms with van der Waals surface area (Å²) in [6, 6.07) is 14.5. The van der Waals surface area contributed by atoms with Gasteiger partial charge in [0.1, 0.15) is 35.6 Å². The number of fused-ring (bicyclic) bond motifs is 2. The lowest BCUT2D eigenvalue weighted by atomic mass is 9.77. The molecule has 0 unspecified atom stereocenters.